The van der Waals surface area contributed by atoms with Crippen molar-refractivity contribution < 1.29 is 9.84 Å². The quantitative estimate of drug-likeness (QED) is 0.760. The van der Waals surface area contributed by atoms with Crippen molar-refractivity contribution in [2.75, 3.05) is 19.5 Å². The van der Waals surface area contributed by atoms with Crippen molar-refractivity contribution in [3.05, 3.63) is 29.8 Å². The average molecular weight is 212 g/mol. The van der Waals surface area contributed by atoms with E-state index in [1.54, 1.807) is 11.8 Å². The van der Waals surface area contributed by atoms with E-state index in [1.165, 1.54) is 4.90 Å². The summed E-state index contributed by atoms with van der Waals surface area (Å²) >= 11 is 1.69. The second-order valence-electron chi connectivity index (χ2n) is 2.95. The standard InChI is InChI=1S/C11H16O2S/c1-3-13-8-11(12)9-4-6-10(14-2)7-5-9/h4-7,11-12H,3,8H2,1-2H3. The Morgan fingerprint density at radius 2 is 2.00 bits per heavy atom. The van der Waals surface area contributed by atoms with E-state index in [4.69, 9.17) is 4.74 Å². The number of hydrogen-bond donors (Lipinski definition) is 1. The van der Waals surface area contributed by atoms with Gasteiger partial charge in [0.05, 0.1) is 6.61 Å². The van der Waals surface area contributed by atoms with Crippen LogP contribution in [0.4, 0.5) is 0 Å². The van der Waals surface area contributed by atoms with Gasteiger partial charge in [-0.2, -0.15) is 0 Å². The Morgan fingerprint density at radius 1 is 1.36 bits per heavy atom. The van der Waals surface area contributed by atoms with Gasteiger partial charge in [0.1, 0.15) is 6.10 Å². The van der Waals surface area contributed by atoms with Crippen LogP contribution < -0.4 is 0 Å². The topological polar surface area (TPSA) is 29.5 Å². The molecule has 0 heterocycles. The number of aliphatic hydroxyl groups is 1. The van der Waals surface area contributed by atoms with Crippen molar-refractivity contribution >= 4 is 11.8 Å². The maximum atomic E-state index is 9.68. The molecule has 14 heavy (non-hydrogen) atoms. The van der Waals surface area contributed by atoms with Gasteiger partial charge in [0.15, 0.2) is 0 Å². The van der Waals surface area contributed by atoms with Crippen LogP contribution in [0.15, 0.2) is 29.2 Å². The van der Waals surface area contributed by atoms with Crippen LogP contribution in [0.1, 0.15) is 18.6 Å². The number of aliphatic hydroxyl groups excluding tert-OH is 1. The summed E-state index contributed by atoms with van der Waals surface area (Å²) in [6.07, 6.45) is 1.52. The minimum absolute atomic E-state index is 0.370. The van der Waals surface area contributed by atoms with Crippen LogP contribution in [0.3, 0.4) is 0 Å². The summed E-state index contributed by atoms with van der Waals surface area (Å²) in [5, 5.41) is 9.68. The molecule has 0 aliphatic heterocycles. The molecule has 0 amide bonds. The number of hydrogen-bond acceptors (Lipinski definition) is 3. The number of thioether (sulfide) groups is 1. The zero-order valence-corrected chi connectivity index (χ0v) is 9.38. The molecule has 0 bridgehead atoms. The Balaban J connectivity index is 2.57. The SMILES string of the molecule is CCOCC(O)c1ccc(SC)cc1. The molecule has 1 rings (SSSR count). The molecular weight excluding hydrogens is 196 g/mol. The lowest BCUT2D eigenvalue weighted by Crippen LogP contribution is -2.06. The van der Waals surface area contributed by atoms with Gasteiger partial charge < -0.3 is 9.84 Å². The fraction of sp³-hybridized carbons (Fsp3) is 0.455. The molecule has 2 nitrogen and oxygen atoms in total. The summed E-state index contributed by atoms with van der Waals surface area (Å²) in [5.41, 5.74) is 0.913. The molecule has 0 aliphatic carbocycles. The third kappa shape index (κ3) is 3.33. The van der Waals surface area contributed by atoms with Gasteiger partial charge in [-0.15, -0.1) is 11.8 Å². The molecule has 1 unspecified atom stereocenters. The molecule has 1 aromatic carbocycles. The Kier molecular flexibility index (Phi) is 5.01. The van der Waals surface area contributed by atoms with Crippen molar-refractivity contribution in [2.45, 2.75) is 17.9 Å². The van der Waals surface area contributed by atoms with Crippen molar-refractivity contribution in [1.82, 2.24) is 0 Å². The van der Waals surface area contributed by atoms with Gasteiger partial charge in [-0.25, -0.2) is 0 Å². The maximum Gasteiger partial charge on any atom is 0.102 e. The van der Waals surface area contributed by atoms with E-state index in [2.05, 4.69) is 0 Å². The Hall–Kier alpha value is -0.510. The summed E-state index contributed by atoms with van der Waals surface area (Å²) in [4.78, 5) is 1.21. The zero-order valence-electron chi connectivity index (χ0n) is 8.56. The largest absolute Gasteiger partial charge is 0.386 e. The van der Waals surface area contributed by atoms with Gasteiger partial charge in [0.2, 0.25) is 0 Å². The first kappa shape index (κ1) is 11.6. The Morgan fingerprint density at radius 3 is 2.50 bits per heavy atom. The number of rotatable bonds is 5. The monoisotopic (exact) mass is 212 g/mol. The van der Waals surface area contributed by atoms with Gasteiger partial charge in [0.25, 0.3) is 0 Å². The fourth-order valence-corrected chi connectivity index (χ4v) is 1.56. The van der Waals surface area contributed by atoms with Crippen molar-refractivity contribution in [3.63, 3.8) is 0 Å². The van der Waals surface area contributed by atoms with E-state index in [9.17, 15) is 5.11 Å². The first-order chi connectivity index (χ1) is 6.77. The van der Waals surface area contributed by atoms with Crippen molar-refractivity contribution in [3.8, 4) is 0 Å². The van der Waals surface area contributed by atoms with Crippen LogP contribution in [0.5, 0.6) is 0 Å². The van der Waals surface area contributed by atoms with Crippen LogP contribution in [-0.2, 0) is 4.74 Å². The lowest BCUT2D eigenvalue weighted by molar-refractivity contribution is 0.0420. The number of ether oxygens (including phenoxy) is 1. The molecule has 0 saturated heterocycles. The van der Waals surface area contributed by atoms with E-state index in [-0.39, 0.29) is 0 Å². The molecule has 0 aliphatic rings. The van der Waals surface area contributed by atoms with Crippen LogP contribution >= 0.6 is 11.8 Å². The number of benzene rings is 1. The smallest absolute Gasteiger partial charge is 0.102 e. The predicted octanol–water partition coefficient (Wildman–Crippen LogP) is 2.48. The third-order valence-electron chi connectivity index (χ3n) is 1.98. The molecule has 0 radical (unpaired) electrons. The highest BCUT2D eigenvalue weighted by atomic mass is 32.2. The average Bonchev–Trinajstić information content (AvgIpc) is 2.26. The molecule has 0 spiro atoms. The molecule has 1 atom stereocenters. The molecular formula is C11H16O2S. The zero-order chi connectivity index (χ0) is 10.4. The fourth-order valence-electron chi connectivity index (χ4n) is 1.15. The summed E-state index contributed by atoms with van der Waals surface area (Å²) in [6.45, 7) is 2.93. The first-order valence-corrected chi connectivity index (χ1v) is 5.90. The van der Waals surface area contributed by atoms with Crippen LogP contribution in [0, 0.1) is 0 Å². The minimum Gasteiger partial charge on any atom is -0.386 e. The van der Waals surface area contributed by atoms with Crippen molar-refractivity contribution in [2.24, 2.45) is 0 Å². The van der Waals surface area contributed by atoms with Gasteiger partial charge in [-0.1, -0.05) is 12.1 Å². The predicted molar refractivity (Wildman–Crippen MR) is 59.7 cm³/mol. The third-order valence-corrected chi connectivity index (χ3v) is 2.72. The van der Waals surface area contributed by atoms with E-state index in [0.717, 1.165) is 5.56 Å². The highest BCUT2D eigenvalue weighted by Gasteiger charge is 2.06. The van der Waals surface area contributed by atoms with Crippen LogP contribution in [0.25, 0.3) is 0 Å². The van der Waals surface area contributed by atoms with Gasteiger partial charge >= 0.3 is 0 Å². The van der Waals surface area contributed by atoms with Crippen LogP contribution in [-0.4, -0.2) is 24.6 Å². The lowest BCUT2D eigenvalue weighted by Gasteiger charge is -2.10. The van der Waals surface area contributed by atoms with Gasteiger partial charge in [0, 0.05) is 11.5 Å². The van der Waals surface area contributed by atoms with Gasteiger partial charge in [-0.3, -0.25) is 0 Å². The molecule has 0 fully saturated rings. The van der Waals surface area contributed by atoms with Crippen molar-refractivity contribution in [1.29, 1.82) is 0 Å². The molecule has 1 aromatic rings. The molecule has 0 saturated carbocycles. The highest BCUT2D eigenvalue weighted by Crippen LogP contribution is 2.19. The molecule has 78 valence electrons. The molecule has 3 heteroatoms. The molecule has 0 aromatic heterocycles. The normalized spacial score (nSPS) is 12.8. The second-order valence-corrected chi connectivity index (χ2v) is 3.83. The summed E-state index contributed by atoms with van der Waals surface area (Å²) in [7, 11) is 0. The second kappa shape index (κ2) is 6.06. The Bertz CT molecular complexity index is 258. The maximum absolute atomic E-state index is 9.68. The Labute approximate surface area is 89.3 Å². The molecule has 1 N–H and O–H groups in total. The summed E-state index contributed by atoms with van der Waals surface area (Å²) < 4.78 is 5.15. The van der Waals surface area contributed by atoms with E-state index in [0.29, 0.717) is 13.2 Å². The summed E-state index contributed by atoms with van der Waals surface area (Å²) in [6, 6.07) is 7.90. The lowest BCUT2D eigenvalue weighted by atomic mass is 10.1. The first-order valence-electron chi connectivity index (χ1n) is 4.67. The summed E-state index contributed by atoms with van der Waals surface area (Å²) in [5.74, 6) is 0. The van der Waals surface area contributed by atoms with Gasteiger partial charge in [-0.05, 0) is 30.9 Å². The van der Waals surface area contributed by atoms with E-state index < -0.39 is 6.10 Å². The van der Waals surface area contributed by atoms with E-state index in [1.807, 2.05) is 37.4 Å². The minimum atomic E-state index is -0.508. The van der Waals surface area contributed by atoms with E-state index >= 15 is 0 Å². The van der Waals surface area contributed by atoms with Crippen LogP contribution in [0.2, 0.25) is 0 Å². The highest BCUT2D eigenvalue weighted by molar-refractivity contribution is 7.98.